The minimum atomic E-state index is -0.0660. The normalized spacial score (nSPS) is 11.9. The molecule has 3 nitrogen and oxygen atoms in total. The van der Waals surface area contributed by atoms with E-state index in [9.17, 15) is 4.79 Å². The van der Waals surface area contributed by atoms with Crippen LogP contribution in [0.2, 0.25) is 0 Å². The zero-order valence-corrected chi connectivity index (χ0v) is 10.9. The lowest BCUT2D eigenvalue weighted by molar-refractivity contribution is -0.906. The first-order valence-corrected chi connectivity index (χ1v) is 5.92. The van der Waals surface area contributed by atoms with Crippen LogP contribution >= 0.6 is 0 Å². The lowest BCUT2D eigenvalue weighted by Crippen LogP contribution is -2.46. The van der Waals surface area contributed by atoms with Gasteiger partial charge in [0, 0.05) is 6.42 Å². The van der Waals surface area contributed by atoms with Crippen molar-refractivity contribution >= 4 is 5.97 Å². The second kappa shape index (κ2) is 6.83. The van der Waals surface area contributed by atoms with Crippen LogP contribution in [0, 0.1) is 5.92 Å². The van der Waals surface area contributed by atoms with Gasteiger partial charge in [0.2, 0.25) is 0 Å². The summed E-state index contributed by atoms with van der Waals surface area (Å²) in [7, 11) is 2.19. The Morgan fingerprint density at radius 3 is 2.20 bits per heavy atom. The SMILES string of the molecule is CC[N+](C)(CC)CCOC(=O)CC(C)C. The molecule has 0 amide bonds. The highest BCUT2D eigenvalue weighted by Crippen LogP contribution is 2.03. The summed E-state index contributed by atoms with van der Waals surface area (Å²) in [6.07, 6.45) is 0.530. The molecule has 0 saturated carbocycles. The van der Waals surface area contributed by atoms with Gasteiger partial charge < -0.3 is 9.22 Å². The molecule has 0 radical (unpaired) electrons. The molecule has 0 atom stereocenters. The molecule has 0 rings (SSSR count). The number of carbonyl (C=O) groups excluding carboxylic acids is 1. The molecular formula is C12H26NO2+. The van der Waals surface area contributed by atoms with Crippen LogP contribution in [0.4, 0.5) is 0 Å². The number of rotatable bonds is 7. The van der Waals surface area contributed by atoms with Gasteiger partial charge in [0.05, 0.1) is 20.1 Å². The van der Waals surface area contributed by atoms with Crippen molar-refractivity contribution in [3.8, 4) is 0 Å². The molecule has 3 heteroatoms. The van der Waals surface area contributed by atoms with Crippen LogP contribution < -0.4 is 0 Å². The van der Waals surface area contributed by atoms with E-state index in [-0.39, 0.29) is 5.97 Å². The first-order valence-electron chi connectivity index (χ1n) is 5.92. The maximum Gasteiger partial charge on any atom is 0.306 e. The number of hydrogen-bond donors (Lipinski definition) is 0. The predicted octanol–water partition coefficient (Wildman–Crippen LogP) is 2.06. The summed E-state index contributed by atoms with van der Waals surface area (Å²) in [5, 5.41) is 0. The number of nitrogens with zero attached hydrogens (tertiary/aromatic N) is 1. The van der Waals surface area contributed by atoms with E-state index in [1.54, 1.807) is 0 Å². The van der Waals surface area contributed by atoms with Crippen LogP contribution in [0.15, 0.2) is 0 Å². The first kappa shape index (κ1) is 14.4. The molecule has 0 fully saturated rings. The van der Waals surface area contributed by atoms with E-state index >= 15 is 0 Å². The number of ether oxygens (including phenoxy) is 1. The van der Waals surface area contributed by atoms with Crippen LogP contribution in [-0.4, -0.2) is 43.7 Å². The molecule has 0 aliphatic rings. The zero-order chi connectivity index (χ0) is 11.9. The minimum Gasteiger partial charge on any atom is -0.460 e. The second-order valence-corrected chi connectivity index (χ2v) is 4.79. The van der Waals surface area contributed by atoms with Crippen molar-refractivity contribution in [2.24, 2.45) is 5.92 Å². The highest BCUT2D eigenvalue weighted by Gasteiger charge is 2.16. The van der Waals surface area contributed by atoms with Crippen LogP contribution in [0.1, 0.15) is 34.1 Å². The average Bonchev–Trinajstić information content (AvgIpc) is 2.16. The molecule has 0 aromatic rings. The Hall–Kier alpha value is -0.570. The molecule has 0 aromatic heterocycles. The van der Waals surface area contributed by atoms with Gasteiger partial charge in [-0.2, -0.15) is 0 Å². The summed E-state index contributed by atoms with van der Waals surface area (Å²) in [4.78, 5) is 11.3. The van der Waals surface area contributed by atoms with Gasteiger partial charge in [-0.1, -0.05) is 13.8 Å². The Kier molecular flexibility index (Phi) is 6.57. The van der Waals surface area contributed by atoms with Gasteiger partial charge in [0.1, 0.15) is 13.2 Å². The highest BCUT2D eigenvalue weighted by molar-refractivity contribution is 5.69. The number of likely N-dealkylation sites (N-methyl/N-ethyl adjacent to an activating group) is 1. The standard InChI is InChI=1S/C12H26NO2/c1-6-13(5,7-2)8-9-15-12(14)10-11(3)4/h11H,6-10H2,1-5H3/q+1. The van der Waals surface area contributed by atoms with E-state index in [1.165, 1.54) is 0 Å². The summed E-state index contributed by atoms with van der Waals surface area (Å²) in [5.74, 6) is 0.319. The quantitative estimate of drug-likeness (QED) is 0.481. The third-order valence-electron chi connectivity index (χ3n) is 3.00. The zero-order valence-electron chi connectivity index (χ0n) is 10.9. The molecule has 0 aromatic carbocycles. The fraction of sp³-hybridized carbons (Fsp3) is 0.917. The Morgan fingerprint density at radius 2 is 1.80 bits per heavy atom. The molecule has 0 spiro atoms. The summed E-state index contributed by atoms with van der Waals surface area (Å²) in [5.41, 5.74) is 0. The number of esters is 1. The predicted molar refractivity (Wildman–Crippen MR) is 62.5 cm³/mol. The van der Waals surface area contributed by atoms with Crippen LogP contribution in [-0.2, 0) is 9.53 Å². The van der Waals surface area contributed by atoms with Crippen molar-refractivity contribution in [3.63, 3.8) is 0 Å². The van der Waals surface area contributed by atoms with Gasteiger partial charge in [-0.25, -0.2) is 0 Å². The van der Waals surface area contributed by atoms with Crippen LogP contribution in [0.3, 0.4) is 0 Å². The summed E-state index contributed by atoms with van der Waals surface area (Å²) < 4.78 is 6.16. The van der Waals surface area contributed by atoms with Gasteiger partial charge in [-0.3, -0.25) is 4.79 Å². The van der Waals surface area contributed by atoms with Gasteiger partial charge in [-0.05, 0) is 19.8 Å². The summed E-state index contributed by atoms with van der Waals surface area (Å²) in [6.45, 7) is 12.0. The summed E-state index contributed by atoms with van der Waals surface area (Å²) >= 11 is 0. The largest absolute Gasteiger partial charge is 0.460 e. The van der Waals surface area contributed by atoms with Crippen LogP contribution in [0.5, 0.6) is 0 Å². The number of quaternary nitrogens is 1. The molecule has 0 bridgehead atoms. The molecule has 0 unspecified atom stereocenters. The molecule has 0 aliphatic heterocycles. The van der Waals surface area contributed by atoms with Crippen molar-refractivity contribution < 1.29 is 14.0 Å². The Labute approximate surface area is 94.0 Å². The average molecular weight is 216 g/mol. The molecule has 15 heavy (non-hydrogen) atoms. The van der Waals surface area contributed by atoms with E-state index in [1.807, 2.05) is 13.8 Å². The van der Waals surface area contributed by atoms with Crippen molar-refractivity contribution in [2.75, 3.05) is 33.3 Å². The van der Waals surface area contributed by atoms with Crippen LogP contribution in [0.25, 0.3) is 0 Å². The maximum absolute atomic E-state index is 11.3. The molecular weight excluding hydrogens is 190 g/mol. The first-order chi connectivity index (χ1) is 6.93. The third kappa shape index (κ3) is 6.50. The third-order valence-corrected chi connectivity index (χ3v) is 3.00. The van der Waals surface area contributed by atoms with E-state index in [4.69, 9.17) is 4.74 Å². The molecule has 0 saturated heterocycles. The maximum atomic E-state index is 11.3. The topological polar surface area (TPSA) is 26.3 Å². The fourth-order valence-corrected chi connectivity index (χ4v) is 1.31. The van der Waals surface area contributed by atoms with Crippen molar-refractivity contribution in [1.29, 1.82) is 0 Å². The van der Waals surface area contributed by atoms with Crippen molar-refractivity contribution in [3.05, 3.63) is 0 Å². The molecule has 0 aliphatic carbocycles. The lowest BCUT2D eigenvalue weighted by atomic mass is 10.1. The van der Waals surface area contributed by atoms with E-state index in [0.29, 0.717) is 18.9 Å². The van der Waals surface area contributed by atoms with Gasteiger partial charge in [0.25, 0.3) is 0 Å². The van der Waals surface area contributed by atoms with Gasteiger partial charge >= 0.3 is 5.97 Å². The number of hydrogen-bond acceptors (Lipinski definition) is 2. The monoisotopic (exact) mass is 216 g/mol. The fourth-order valence-electron chi connectivity index (χ4n) is 1.31. The second-order valence-electron chi connectivity index (χ2n) is 4.79. The van der Waals surface area contributed by atoms with Gasteiger partial charge in [-0.15, -0.1) is 0 Å². The minimum absolute atomic E-state index is 0.0660. The van der Waals surface area contributed by atoms with E-state index in [0.717, 1.165) is 24.1 Å². The smallest absolute Gasteiger partial charge is 0.306 e. The van der Waals surface area contributed by atoms with Crippen molar-refractivity contribution in [1.82, 2.24) is 0 Å². The molecule has 90 valence electrons. The van der Waals surface area contributed by atoms with E-state index < -0.39 is 0 Å². The Bertz CT molecular complexity index is 186. The highest BCUT2D eigenvalue weighted by atomic mass is 16.5. The Morgan fingerprint density at radius 1 is 1.27 bits per heavy atom. The summed E-state index contributed by atoms with van der Waals surface area (Å²) in [6, 6.07) is 0. The Balaban J connectivity index is 3.73. The molecule has 0 heterocycles. The van der Waals surface area contributed by atoms with E-state index in [2.05, 4.69) is 20.9 Å². The number of carbonyl (C=O) groups is 1. The van der Waals surface area contributed by atoms with Gasteiger partial charge in [0.15, 0.2) is 0 Å². The van der Waals surface area contributed by atoms with Crippen molar-refractivity contribution in [2.45, 2.75) is 34.1 Å². The lowest BCUT2D eigenvalue weighted by Gasteiger charge is -2.31. The molecule has 0 N–H and O–H groups in total.